The summed E-state index contributed by atoms with van der Waals surface area (Å²) in [4.78, 5) is 12.7. The molecule has 1 aliphatic carbocycles. The van der Waals surface area contributed by atoms with Crippen molar-refractivity contribution in [3.8, 4) is 0 Å². The van der Waals surface area contributed by atoms with Crippen LogP contribution < -0.4 is 11.1 Å². The maximum absolute atomic E-state index is 12.7. The van der Waals surface area contributed by atoms with Crippen LogP contribution in [0.3, 0.4) is 0 Å². The molecule has 0 bridgehead atoms. The molecule has 21 heavy (non-hydrogen) atoms. The number of rotatable bonds is 3. The lowest BCUT2D eigenvalue weighted by Crippen LogP contribution is -2.49. The first-order valence-electron chi connectivity index (χ1n) is 7.42. The predicted octanol–water partition coefficient (Wildman–Crippen LogP) is 1.97. The molecule has 1 amide bonds. The van der Waals surface area contributed by atoms with Crippen LogP contribution in [-0.4, -0.2) is 25.7 Å². The van der Waals surface area contributed by atoms with E-state index >= 15 is 0 Å². The highest BCUT2D eigenvalue weighted by molar-refractivity contribution is 5.85. The average Bonchev–Trinajstić information content (AvgIpc) is 2.91. The summed E-state index contributed by atoms with van der Waals surface area (Å²) in [5, 5.41) is 3.22. The Labute approximate surface area is 131 Å². The third-order valence-corrected chi connectivity index (χ3v) is 4.76. The van der Waals surface area contributed by atoms with Gasteiger partial charge in [-0.3, -0.25) is 4.79 Å². The fourth-order valence-corrected chi connectivity index (χ4v) is 3.30. The summed E-state index contributed by atoms with van der Waals surface area (Å²) in [5.74, 6) is 0.102. The Bertz CT molecular complexity index is 501. The average molecular weight is 311 g/mol. The fraction of sp³-hybridized carbons (Fsp3) is 0.562. The summed E-state index contributed by atoms with van der Waals surface area (Å²) in [6, 6.07) is 8.50. The number of hydrogen-bond donors (Lipinski definition) is 2. The van der Waals surface area contributed by atoms with Gasteiger partial charge in [0.25, 0.3) is 0 Å². The highest BCUT2D eigenvalue weighted by Gasteiger charge is 2.40. The van der Waals surface area contributed by atoms with Crippen LogP contribution in [-0.2, 0) is 16.0 Å². The molecule has 0 radical (unpaired) electrons. The molecule has 1 unspecified atom stereocenters. The van der Waals surface area contributed by atoms with Gasteiger partial charge in [0.2, 0.25) is 5.91 Å². The van der Waals surface area contributed by atoms with E-state index in [9.17, 15) is 4.79 Å². The van der Waals surface area contributed by atoms with Crippen molar-refractivity contribution in [1.82, 2.24) is 5.32 Å². The SMILES string of the molecule is Cl.NCC1(C(=O)NC2CCc3ccccc32)CCOCC1. The van der Waals surface area contributed by atoms with Crippen molar-refractivity contribution >= 4 is 18.3 Å². The van der Waals surface area contributed by atoms with Gasteiger partial charge in [-0.05, 0) is 36.8 Å². The summed E-state index contributed by atoms with van der Waals surface area (Å²) >= 11 is 0. The van der Waals surface area contributed by atoms with Crippen molar-refractivity contribution in [2.24, 2.45) is 11.1 Å². The van der Waals surface area contributed by atoms with Gasteiger partial charge in [-0.1, -0.05) is 24.3 Å². The zero-order valence-electron chi connectivity index (χ0n) is 12.1. The Hall–Kier alpha value is -1.10. The van der Waals surface area contributed by atoms with Gasteiger partial charge in [-0.2, -0.15) is 0 Å². The molecule has 1 atom stereocenters. The number of carbonyl (C=O) groups excluding carboxylic acids is 1. The molecule has 1 aromatic carbocycles. The third kappa shape index (κ3) is 3.07. The molecular formula is C16H23ClN2O2. The maximum Gasteiger partial charge on any atom is 0.228 e. The molecule has 1 aromatic rings. The van der Waals surface area contributed by atoms with Crippen molar-refractivity contribution < 1.29 is 9.53 Å². The minimum atomic E-state index is -0.435. The van der Waals surface area contributed by atoms with Crippen LogP contribution >= 0.6 is 12.4 Å². The zero-order chi connectivity index (χ0) is 14.0. The van der Waals surface area contributed by atoms with Crippen LogP contribution in [0.25, 0.3) is 0 Å². The van der Waals surface area contributed by atoms with E-state index in [1.807, 2.05) is 6.07 Å². The molecule has 0 spiro atoms. The Morgan fingerprint density at radius 2 is 2.05 bits per heavy atom. The monoisotopic (exact) mass is 310 g/mol. The van der Waals surface area contributed by atoms with E-state index < -0.39 is 5.41 Å². The lowest BCUT2D eigenvalue weighted by atomic mass is 9.79. The zero-order valence-corrected chi connectivity index (χ0v) is 13.0. The van der Waals surface area contributed by atoms with Gasteiger partial charge in [0.1, 0.15) is 0 Å². The van der Waals surface area contributed by atoms with Crippen molar-refractivity contribution in [1.29, 1.82) is 0 Å². The Morgan fingerprint density at radius 3 is 2.76 bits per heavy atom. The van der Waals surface area contributed by atoms with E-state index in [0.717, 1.165) is 25.7 Å². The van der Waals surface area contributed by atoms with Crippen LogP contribution in [0.5, 0.6) is 0 Å². The molecule has 0 saturated carbocycles. The van der Waals surface area contributed by atoms with E-state index in [2.05, 4.69) is 23.5 Å². The second-order valence-electron chi connectivity index (χ2n) is 5.86. The molecule has 116 valence electrons. The van der Waals surface area contributed by atoms with Gasteiger partial charge in [0.05, 0.1) is 11.5 Å². The number of amides is 1. The highest BCUT2D eigenvalue weighted by atomic mass is 35.5. The molecule has 5 heteroatoms. The number of ether oxygens (including phenoxy) is 1. The number of fused-ring (bicyclic) bond motifs is 1. The van der Waals surface area contributed by atoms with Crippen LogP contribution in [0.4, 0.5) is 0 Å². The smallest absolute Gasteiger partial charge is 0.228 e. The normalized spacial score (nSPS) is 23.0. The number of benzene rings is 1. The van der Waals surface area contributed by atoms with Gasteiger partial charge in [0, 0.05) is 19.8 Å². The van der Waals surface area contributed by atoms with Crippen LogP contribution in [0.15, 0.2) is 24.3 Å². The largest absolute Gasteiger partial charge is 0.381 e. The molecule has 4 nitrogen and oxygen atoms in total. The third-order valence-electron chi connectivity index (χ3n) is 4.76. The number of nitrogens with one attached hydrogen (secondary N) is 1. The molecule has 1 heterocycles. The van der Waals surface area contributed by atoms with Crippen LogP contribution in [0, 0.1) is 5.41 Å². The molecule has 1 aliphatic heterocycles. The molecule has 1 fully saturated rings. The minimum absolute atomic E-state index is 0. The first-order chi connectivity index (χ1) is 9.75. The summed E-state index contributed by atoms with van der Waals surface area (Å²) in [5.41, 5.74) is 8.07. The van der Waals surface area contributed by atoms with Crippen molar-refractivity contribution in [2.75, 3.05) is 19.8 Å². The van der Waals surface area contributed by atoms with Gasteiger partial charge in [-0.15, -0.1) is 12.4 Å². The van der Waals surface area contributed by atoms with E-state index in [-0.39, 0.29) is 24.4 Å². The highest BCUT2D eigenvalue weighted by Crippen LogP contribution is 2.34. The quantitative estimate of drug-likeness (QED) is 0.897. The predicted molar refractivity (Wildman–Crippen MR) is 84.4 cm³/mol. The number of aryl methyl sites for hydroxylation is 1. The Kier molecular flexibility index (Phi) is 5.25. The lowest BCUT2D eigenvalue weighted by Gasteiger charge is -2.35. The molecule has 3 rings (SSSR count). The fourth-order valence-electron chi connectivity index (χ4n) is 3.30. The number of carbonyl (C=O) groups is 1. The second-order valence-corrected chi connectivity index (χ2v) is 5.86. The van der Waals surface area contributed by atoms with E-state index in [4.69, 9.17) is 10.5 Å². The summed E-state index contributed by atoms with van der Waals surface area (Å²) < 4.78 is 5.37. The first-order valence-corrected chi connectivity index (χ1v) is 7.42. The number of nitrogens with two attached hydrogens (primary N) is 1. The Morgan fingerprint density at radius 1 is 1.33 bits per heavy atom. The van der Waals surface area contributed by atoms with Crippen molar-refractivity contribution in [3.05, 3.63) is 35.4 Å². The molecule has 3 N–H and O–H groups in total. The molecule has 2 aliphatic rings. The lowest BCUT2D eigenvalue weighted by molar-refractivity contribution is -0.136. The van der Waals surface area contributed by atoms with Crippen LogP contribution in [0.1, 0.15) is 36.4 Å². The minimum Gasteiger partial charge on any atom is -0.381 e. The van der Waals surface area contributed by atoms with Crippen molar-refractivity contribution in [3.63, 3.8) is 0 Å². The summed E-state index contributed by atoms with van der Waals surface area (Å²) in [6.07, 6.45) is 3.48. The van der Waals surface area contributed by atoms with E-state index in [0.29, 0.717) is 19.8 Å². The molecule has 0 aromatic heterocycles. The first kappa shape index (κ1) is 16.3. The molecular weight excluding hydrogens is 288 g/mol. The summed E-state index contributed by atoms with van der Waals surface area (Å²) in [7, 11) is 0. The van der Waals surface area contributed by atoms with Gasteiger partial charge in [0.15, 0.2) is 0 Å². The molecule has 1 saturated heterocycles. The second kappa shape index (κ2) is 6.77. The standard InChI is InChI=1S/C16H22N2O2.ClH/c17-11-16(7-9-20-10-8-16)15(19)18-14-6-5-12-3-1-2-4-13(12)14;/h1-4,14H,5-11,17H2,(H,18,19);1H. The van der Waals surface area contributed by atoms with E-state index in [1.165, 1.54) is 11.1 Å². The maximum atomic E-state index is 12.7. The number of halogens is 1. The van der Waals surface area contributed by atoms with Gasteiger partial charge in [-0.25, -0.2) is 0 Å². The van der Waals surface area contributed by atoms with E-state index in [1.54, 1.807) is 0 Å². The van der Waals surface area contributed by atoms with Gasteiger partial charge >= 0.3 is 0 Å². The van der Waals surface area contributed by atoms with Crippen LogP contribution in [0.2, 0.25) is 0 Å². The van der Waals surface area contributed by atoms with Crippen molar-refractivity contribution in [2.45, 2.75) is 31.7 Å². The Balaban J connectivity index is 0.00000161. The number of hydrogen-bond acceptors (Lipinski definition) is 3. The van der Waals surface area contributed by atoms with Gasteiger partial charge < -0.3 is 15.8 Å². The summed E-state index contributed by atoms with van der Waals surface area (Å²) in [6.45, 7) is 1.66. The topological polar surface area (TPSA) is 64.4 Å².